The van der Waals surface area contributed by atoms with Crippen LogP contribution in [0.3, 0.4) is 0 Å². The van der Waals surface area contributed by atoms with Crippen molar-refractivity contribution in [2.45, 2.75) is 64.2 Å². The van der Waals surface area contributed by atoms with Gasteiger partial charge in [-0.3, -0.25) is 0 Å². The van der Waals surface area contributed by atoms with Crippen molar-refractivity contribution in [3.8, 4) is 0 Å². The lowest BCUT2D eigenvalue weighted by Gasteiger charge is -2.33. The molecule has 4 nitrogen and oxygen atoms in total. The minimum absolute atomic E-state index is 0.0192. The SMILES string of the molecule is CC(C)(C)c1ncc(N2CCNCC2)c(C2CCCCC2)n1. The summed E-state index contributed by atoms with van der Waals surface area (Å²) >= 11 is 0. The smallest absolute Gasteiger partial charge is 0.134 e. The van der Waals surface area contributed by atoms with E-state index >= 15 is 0 Å². The molecule has 2 fully saturated rings. The second-order valence-electron chi connectivity index (χ2n) is 7.79. The van der Waals surface area contributed by atoms with Crippen molar-refractivity contribution in [2.75, 3.05) is 31.1 Å². The number of aromatic nitrogens is 2. The van der Waals surface area contributed by atoms with Crippen LogP contribution in [0, 0.1) is 0 Å². The van der Waals surface area contributed by atoms with Gasteiger partial charge >= 0.3 is 0 Å². The highest BCUT2D eigenvalue weighted by atomic mass is 15.2. The molecule has 2 aliphatic rings. The first-order valence-electron chi connectivity index (χ1n) is 8.89. The van der Waals surface area contributed by atoms with Crippen LogP contribution in [-0.2, 0) is 5.41 Å². The van der Waals surface area contributed by atoms with Crippen LogP contribution in [-0.4, -0.2) is 36.1 Å². The van der Waals surface area contributed by atoms with Gasteiger partial charge in [-0.05, 0) is 12.8 Å². The Morgan fingerprint density at radius 2 is 1.77 bits per heavy atom. The van der Waals surface area contributed by atoms with E-state index in [4.69, 9.17) is 9.97 Å². The molecule has 1 aromatic rings. The average Bonchev–Trinajstić information content (AvgIpc) is 2.55. The van der Waals surface area contributed by atoms with Gasteiger partial charge in [-0.1, -0.05) is 40.0 Å². The van der Waals surface area contributed by atoms with Crippen molar-refractivity contribution in [1.82, 2.24) is 15.3 Å². The fourth-order valence-electron chi connectivity index (χ4n) is 3.58. The molecule has 0 amide bonds. The molecule has 4 heteroatoms. The molecule has 1 saturated carbocycles. The van der Waals surface area contributed by atoms with Crippen molar-refractivity contribution in [2.24, 2.45) is 0 Å². The first-order chi connectivity index (χ1) is 10.6. The van der Waals surface area contributed by atoms with Gasteiger partial charge in [0.05, 0.1) is 17.6 Å². The normalized spacial score (nSPS) is 21.1. The molecule has 1 N–H and O–H groups in total. The molecule has 0 bridgehead atoms. The lowest BCUT2D eigenvalue weighted by Crippen LogP contribution is -2.44. The third-order valence-corrected chi connectivity index (χ3v) is 4.92. The summed E-state index contributed by atoms with van der Waals surface area (Å²) in [6.45, 7) is 10.9. The fourth-order valence-corrected chi connectivity index (χ4v) is 3.58. The van der Waals surface area contributed by atoms with E-state index in [1.165, 1.54) is 43.5 Å². The molecular weight excluding hydrogens is 272 g/mol. The largest absolute Gasteiger partial charge is 0.366 e. The third-order valence-electron chi connectivity index (χ3n) is 4.92. The highest BCUT2D eigenvalue weighted by Crippen LogP contribution is 2.37. The lowest BCUT2D eigenvalue weighted by atomic mass is 9.85. The Balaban J connectivity index is 1.96. The molecule has 0 atom stereocenters. The van der Waals surface area contributed by atoms with Crippen LogP contribution >= 0.6 is 0 Å². The zero-order valence-corrected chi connectivity index (χ0v) is 14.4. The predicted octanol–water partition coefficient (Wildman–Crippen LogP) is 3.23. The van der Waals surface area contributed by atoms with E-state index in [2.05, 4.69) is 37.2 Å². The Morgan fingerprint density at radius 1 is 1.09 bits per heavy atom. The second kappa shape index (κ2) is 6.53. The minimum Gasteiger partial charge on any atom is -0.366 e. The zero-order chi connectivity index (χ0) is 15.6. The summed E-state index contributed by atoms with van der Waals surface area (Å²) in [5.74, 6) is 1.62. The maximum Gasteiger partial charge on any atom is 0.134 e. The Kier molecular flexibility index (Phi) is 4.67. The first-order valence-corrected chi connectivity index (χ1v) is 8.89. The number of nitrogens with zero attached hydrogens (tertiary/aromatic N) is 3. The predicted molar refractivity (Wildman–Crippen MR) is 91.6 cm³/mol. The molecule has 3 rings (SSSR count). The fraction of sp³-hybridized carbons (Fsp3) is 0.778. The summed E-state index contributed by atoms with van der Waals surface area (Å²) in [7, 11) is 0. The topological polar surface area (TPSA) is 41.1 Å². The lowest BCUT2D eigenvalue weighted by molar-refractivity contribution is 0.430. The number of nitrogens with one attached hydrogen (secondary N) is 1. The van der Waals surface area contributed by atoms with E-state index in [0.29, 0.717) is 5.92 Å². The zero-order valence-electron chi connectivity index (χ0n) is 14.4. The summed E-state index contributed by atoms with van der Waals surface area (Å²) in [6, 6.07) is 0. The summed E-state index contributed by atoms with van der Waals surface area (Å²) in [4.78, 5) is 12.3. The summed E-state index contributed by atoms with van der Waals surface area (Å²) in [5, 5.41) is 3.44. The highest BCUT2D eigenvalue weighted by molar-refractivity contribution is 5.51. The van der Waals surface area contributed by atoms with Gasteiger partial charge in [-0.2, -0.15) is 0 Å². The summed E-state index contributed by atoms with van der Waals surface area (Å²) in [5.41, 5.74) is 2.63. The molecular formula is C18H30N4. The molecule has 1 aliphatic heterocycles. The molecule has 1 aromatic heterocycles. The molecule has 1 saturated heterocycles. The highest BCUT2D eigenvalue weighted by Gasteiger charge is 2.27. The summed E-state index contributed by atoms with van der Waals surface area (Å²) in [6.07, 6.45) is 8.76. The maximum absolute atomic E-state index is 5.07. The summed E-state index contributed by atoms with van der Waals surface area (Å²) < 4.78 is 0. The van der Waals surface area contributed by atoms with E-state index in [1.807, 2.05) is 0 Å². The van der Waals surface area contributed by atoms with Gasteiger partial charge in [0.1, 0.15) is 5.82 Å². The van der Waals surface area contributed by atoms with Gasteiger partial charge in [0.2, 0.25) is 0 Å². The standard InChI is InChI=1S/C18H30N4/c1-18(2,3)17-20-13-15(22-11-9-19-10-12-22)16(21-17)14-7-5-4-6-8-14/h13-14,19H,4-12H2,1-3H3. The van der Waals surface area contributed by atoms with Crippen LogP contribution < -0.4 is 10.2 Å². The van der Waals surface area contributed by atoms with Gasteiger partial charge < -0.3 is 10.2 Å². The Hall–Kier alpha value is -1.16. The van der Waals surface area contributed by atoms with Gasteiger partial charge in [0.25, 0.3) is 0 Å². The van der Waals surface area contributed by atoms with Crippen molar-refractivity contribution in [3.63, 3.8) is 0 Å². The number of piperazine rings is 1. The van der Waals surface area contributed by atoms with Crippen LogP contribution in [0.1, 0.15) is 70.3 Å². The maximum atomic E-state index is 5.07. The molecule has 22 heavy (non-hydrogen) atoms. The van der Waals surface area contributed by atoms with Crippen molar-refractivity contribution in [3.05, 3.63) is 17.7 Å². The third kappa shape index (κ3) is 3.43. The molecule has 2 heterocycles. The van der Waals surface area contributed by atoms with Crippen molar-refractivity contribution in [1.29, 1.82) is 0 Å². The average molecular weight is 302 g/mol. The molecule has 0 spiro atoms. The molecule has 1 aliphatic carbocycles. The van der Waals surface area contributed by atoms with E-state index in [1.54, 1.807) is 0 Å². The monoisotopic (exact) mass is 302 g/mol. The Bertz CT molecular complexity index is 494. The number of anilines is 1. The van der Waals surface area contributed by atoms with Crippen LogP contribution in [0.4, 0.5) is 5.69 Å². The minimum atomic E-state index is 0.0192. The van der Waals surface area contributed by atoms with Gasteiger partial charge in [-0.15, -0.1) is 0 Å². The molecule has 0 aromatic carbocycles. The molecule has 0 unspecified atom stereocenters. The van der Waals surface area contributed by atoms with E-state index in [9.17, 15) is 0 Å². The van der Waals surface area contributed by atoms with Crippen LogP contribution in [0.25, 0.3) is 0 Å². The van der Waals surface area contributed by atoms with Crippen LogP contribution in [0.15, 0.2) is 6.20 Å². The van der Waals surface area contributed by atoms with E-state index in [0.717, 1.165) is 32.0 Å². The number of hydrogen-bond donors (Lipinski definition) is 1. The van der Waals surface area contributed by atoms with Gasteiger partial charge in [0, 0.05) is 37.5 Å². The molecule has 0 radical (unpaired) electrons. The first kappa shape index (κ1) is 15.7. The van der Waals surface area contributed by atoms with Crippen molar-refractivity contribution < 1.29 is 0 Å². The van der Waals surface area contributed by atoms with E-state index in [-0.39, 0.29) is 5.41 Å². The number of rotatable bonds is 2. The van der Waals surface area contributed by atoms with Gasteiger partial charge in [-0.25, -0.2) is 9.97 Å². The Morgan fingerprint density at radius 3 is 2.41 bits per heavy atom. The van der Waals surface area contributed by atoms with Crippen LogP contribution in [0.5, 0.6) is 0 Å². The molecule has 122 valence electrons. The van der Waals surface area contributed by atoms with Crippen molar-refractivity contribution >= 4 is 5.69 Å². The quantitative estimate of drug-likeness (QED) is 0.910. The van der Waals surface area contributed by atoms with Gasteiger partial charge in [0.15, 0.2) is 0 Å². The van der Waals surface area contributed by atoms with E-state index < -0.39 is 0 Å². The second-order valence-corrected chi connectivity index (χ2v) is 7.79. The Labute approximate surface area is 134 Å². The van der Waals surface area contributed by atoms with Crippen LogP contribution in [0.2, 0.25) is 0 Å². The number of hydrogen-bond acceptors (Lipinski definition) is 4.